The van der Waals surface area contributed by atoms with E-state index in [1.165, 1.54) is 6.33 Å². The normalized spacial score (nSPS) is 11.2. The van der Waals surface area contributed by atoms with Crippen molar-refractivity contribution in [3.8, 4) is 0 Å². The Labute approximate surface area is 101 Å². The van der Waals surface area contributed by atoms with E-state index in [9.17, 15) is 10.1 Å². The van der Waals surface area contributed by atoms with Crippen LogP contribution in [0.3, 0.4) is 0 Å². The van der Waals surface area contributed by atoms with Gasteiger partial charge in [-0.15, -0.1) is 0 Å². The minimum atomic E-state index is -0.478. The van der Waals surface area contributed by atoms with E-state index in [1.807, 2.05) is 7.05 Å². The van der Waals surface area contributed by atoms with E-state index in [-0.39, 0.29) is 5.82 Å². The second-order valence-electron chi connectivity index (χ2n) is 4.29. The van der Waals surface area contributed by atoms with E-state index in [0.717, 1.165) is 6.54 Å². The Kier molecular flexibility index (Phi) is 4.45. The molecule has 0 saturated carbocycles. The zero-order valence-corrected chi connectivity index (χ0v) is 10.7. The molecule has 0 fully saturated rings. The lowest BCUT2D eigenvalue weighted by Gasteiger charge is -2.21. The maximum Gasteiger partial charge on any atom is 0.406 e. The average molecular weight is 241 g/mol. The average Bonchev–Trinajstić information content (AvgIpc) is 2.60. The summed E-state index contributed by atoms with van der Waals surface area (Å²) in [5.41, 5.74) is 0. The highest BCUT2D eigenvalue weighted by atomic mass is 16.6. The van der Waals surface area contributed by atoms with Crippen molar-refractivity contribution in [1.29, 1.82) is 0 Å². The summed E-state index contributed by atoms with van der Waals surface area (Å²) in [6, 6.07) is 0.457. The number of hydrogen-bond acceptors (Lipinski definition) is 5. The van der Waals surface area contributed by atoms with Crippen LogP contribution in [0.1, 0.15) is 13.8 Å². The van der Waals surface area contributed by atoms with Gasteiger partial charge in [0.15, 0.2) is 0 Å². The second-order valence-corrected chi connectivity index (χ2v) is 4.29. The zero-order chi connectivity index (χ0) is 13.0. The number of rotatable bonds is 6. The van der Waals surface area contributed by atoms with Gasteiger partial charge in [-0.05, 0) is 30.8 Å². The monoisotopic (exact) mass is 241 g/mol. The molecule has 1 N–H and O–H groups in total. The van der Waals surface area contributed by atoms with Crippen LogP contribution in [0.4, 0.5) is 11.6 Å². The number of aromatic nitrogens is 2. The molecule has 0 atom stereocenters. The lowest BCUT2D eigenvalue weighted by molar-refractivity contribution is -0.388. The first kappa shape index (κ1) is 13.4. The standard InChI is InChI=1S/C10H19N5O2/c1-8(2)13(3)6-5-11-9-10(15(16)17)12-7-14(9)4/h7-8,11H,5-6H2,1-4H3. The van der Waals surface area contributed by atoms with E-state index in [2.05, 4.69) is 29.0 Å². The van der Waals surface area contributed by atoms with Crippen molar-refractivity contribution in [2.24, 2.45) is 7.05 Å². The summed E-state index contributed by atoms with van der Waals surface area (Å²) in [6.07, 6.45) is 1.44. The maximum absolute atomic E-state index is 10.7. The van der Waals surface area contributed by atoms with E-state index >= 15 is 0 Å². The number of nitrogens with zero attached hydrogens (tertiary/aromatic N) is 4. The topological polar surface area (TPSA) is 76.2 Å². The predicted molar refractivity (Wildman–Crippen MR) is 66.1 cm³/mol. The molecule has 0 bridgehead atoms. The van der Waals surface area contributed by atoms with Crippen LogP contribution < -0.4 is 5.32 Å². The molecule has 0 aliphatic heterocycles. The molecule has 7 nitrogen and oxygen atoms in total. The number of anilines is 1. The van der Waals surface area contributed by atoms with E-state index in [4.69, 9.17) is 0 Å². The van der Waals surface area contributed by atoms with Gasteiger partial charge in [0.1, 0.15) is 0 Å². The van der Waals surface area contributed by atoms with Gasteiger partial charge in [0, 0.05) is 26.2 Å². The van der Waals surface area contributed by atoms with Crippen LogP contribution in [0.15, 0.2) is 6.33 Å². The lowest BCUT2D eigenvalue weighted by Crippen LogP contribution is -2.31. The van der Waals surface area contributed by atoms with Gasteiger partial charge >= 0.3 is 5.82 Å². The summed E-state index contributed by atoms with van der Waals surface area (Å²) < 4.78 is 1.62. The van der Waals surface area contributed by atoms with Crippen LogP contribution >= 0.6 is 0 Å². The molecule has 0 spiro atoms. The van der Waals surface area contributed by atoms with Crippen molar-refractivity contribution in [2.75, 3.05) is 25.5 Å². The van der Waals surface area contributed by atoms with Crippen LogP contribution in [-0.4, -0.2) is 45.6 Å². The van der Waals surface area contributed by atoms with Crippen LogP contribution in [-0.2, 0) is 7.05 Å². The molecule has 1 heterocycles. The second kappa shape index (κ2) is 5.62. The van der Waals surface area contributed by atoms with Crippen molar-refractivity contribution in [3.05, 3.63) is 16.4 Å². The van der Waals surface area contributed by atoms with Crippen molar-refractivity contribution in [1.82, 2.24) is 14.5 Å². The minimum absolute atomic E-state index is 0.125. The van der Waals surface area contributed by atoms with Crippen LogP contribution in [0.25, 0.3) is 0 Å². The van der Waals surface area contributed by atoms with Crippen LogP contribution in [0, 0.1) is 10.1 Å². The molecular weight excluding hydrogens is 222 g/mol. The van der Waals surface area contributed by atoms with Crippen molar-refractivity contribution in [3.63, 3.8) is 0 Å². The highest BCUT2D eigenvalue weighted by molar-refractivity contribution is 5.51. The molecule has 0 aliphatic rings. The Morgan fingerprint density at radius 2 is 2.29 bits per heavy atom. The Bertz CT molecular complexity index is 388. The molecule has 7 heteroatoms. The van der Waals surface area contributed by atoms with E-state index in [0.29, 0.717) is 18.4 Å². The van der Waals surface area contributed by atoms with E-state index in [1.54, 1.807) is 11.6 Å². The maximum atomic E-state index is 10.7. The fraction of sp³-hybridized carbons (Fsp3) is 0.700. The number of hydrogen-bond donors (Lipinski definition) is 1. The molecular formula is C10H19N5O2. The van der Waals surface area contributed by atoms with Crippen LogP contribution in [0.2, 0.25) is 0 Å². The molecule has 1 rings (SSSR count). The van der Waals surface area contributed by atoms with Gasteiger partial charge in [0.05, 0.1) is 0 Å². The minimum Gasteiger partial charge on any atom is -0.363 e. The van der Waals surface area contributed by atoms with Gasteiger partial charge in [-0.25, -0.2) is 0 Å². The quantitative estimate of drug-likeness (QED) is 0.595. The first-order chi connectivity index (χ1) is 7.93. The number of imidazole rings is 1. The van der Waals surface area contributed by atoms with Gasteiger partial charge in [-0.3, -0.25) is 4.57 Å². The van der Waals surface area contributed by atoms with Gasteiger partial charge < -0.3 is 20.3 Å². The largest absolute Gasteiger partial charge is 0.406 e. The Hall–Kier alpha value is -1.63. The summed E-state index contributed by atoms with van der Waals surface area (Å²) in [7, 11) is 3.75. The summed E-state index contributed by atoms with van der Waals surface area (Å²) >= 11 is 0. The van der Waals surface area contributed by atoms with Crippen molar-refractivity contribution >= 4 is 11.6 Å². The molecule has 0 radical (unpaired) electrons. The smallest absolute Gasteiger partial charge is 0.363 e. The highest BCUT2D eigenvalue weighted by Gasteiger charge is 2.19. The summed E-state index contributed by atoms with van der Waals surface area (Å²) in [5, 5.41) is 13.8. The van der Waals surface area contributed by atoms with Gasteiger partial charge in [-0.2, -0.15) is 0 Å². The molecule has 1 aromatic rings. The van der Waals surface area contributed by atoms with Gasteiger partial charge in [-0.1, -0.05) is 0 Å². The fourth-order valence-corrected chi connectivity index (χ4v) is 1.36. The van der Waals surface area contributed by atoms with Gasteiger partial charge in [0.25, 0.3) is 0 Å². The van der Waals surface area contributed by atoms with Crippen LogP contribution in [0.5, 0.6) is 0 Å². The lowest BCUT2D eigenvalue weighted by atomic mass is 10.3. The number of nitrogens with one attached hydrogen (secondary N) is 1. The fourth-order valence-electron chi connectivity index (χ4n) is 1.36. The third-order valence-electron chi connectivity index (χ3n) is 2.73. The van der Waals surface area contributed by atoms with Crippen molar-refractivity contribution in [2.45, 2.75) is 19.9 Å². The SMILES string of the molecule is CC(C)N(C)CCNc1c([N+](=O)[O-])ncn1C. The Morgan fingerprint density at radius 3 is 2.82 bits per heavy atom. The molecule has 0 aliphatic carbocycles. The molecule has 17 heavy (non-hydrogen) atoms. The Balaban J connectivity index is 2.57. The number of nitro groups is 1. The summed E-state index contributed by atoms with van der Waals surface area (Å²) in [5.74, 6) is 0.326. The van der Waals surface area contributed by atoms with Crippen molar-refractivity contribution < 1.29 is 4.92 Å². The number of aryl methyl sites for hydroxylation is 1. The molecule has 96 valence electrons. The Morgan fingerprint density at radius 1 is 1.65 bits per heavy atom. The molecule has 0 aromatic carbocycles. The first-order valence-corrected chi connectivity index (χ1v) is 5.53. The summed E-state index contributed by atoms with van der Waals surface area (Å²) in [4.78, 5) is 16.1. The zero-order valence-electron chi connectivity index (χ0n) is 10.7. The first-order valence-electron chi connectivity index (χ1n) is 5.53. The molecule has 1 aromatic heterocycles. The molecule has 0 amide bonds. The van der Waals surface area contributed by atoms with Gasteiger partial charge in [0.2, 0.25) is 12.1 Å². The predicted octanol–water partition coefficient (Wildman–Crippen LogP) is 1.08. The van der Waals surface area contributed by atoms with E-state index < -0.39 is 4.92 Å². The third kappa shape index (κ3) is 3.42. The summed E-state index contributed by atoms with van der Waals surface area (Å²) in [6.45, 7) is 5.67. The molecule has 0 unspecified atom stereocenters. The molecule has 0 saturated heterocycles. The highest BCUT2D eigenvalue weighted by Crippen LogP contribution is 2.20. The number of likely N-dealkylation sites (N-methyl/N-ethyl adjacent to an activating group) is 1. The third-order valence-corrected chi connectivity index (χ3v) is 2.73.